The van der Waals surface area contributed by atoms with Crippen molar-refractivity contribution in [2.75, 3.05) is 25.6 Å². The van der Waals surface area contributed by atoms with Crippen molar-refractivity contribution in [3.63, 3.8) is 0 Å². The third kappa shape index (κ3) is 7.32. The Balaban J connectivity index is 0.000000179. The monoisotopic (exact) mass is 782 g/mol. The van der Waals surface area contributed by atoms with Crippen LogP contribution in [0, 0.1) is 0 Å². The molecule has 0 saturated heterocycles. The Bertz CT molecular complexity index is 1940. The van der Waals surface area contributed by atoms with Gasteiger partial charge in [0, 0.05) is 6.04 Å². The van der Waals surface area contributed by atoms with Crippen molar-refractivity contribution in [3.05, 3.63) is 56.3 Å². The molecule has 10 nitrogen and oxygen atoms in total. The second-order valence-corrected chi connectivity index (χ2v) is 19.6. The molecule has 1 saturated carbocycles. The maximum Gasteiger partial charge on any atom is 0.417 e. The zero-order chi connectivity index (χ0) is 37.7. The molecule has 2 aromatic rings. The standard InChI is InChI=1S/C20H24N2O3S2.C18H22N2O3S2/c1-19(2,3)25-18(24)22-16(23)14-12(11-20(22)8-6-9-20)15(27-17(14)26-4)13-7-5-10-21-13;1-10-9-11-13(15(21)20(10)17(22)23-18(2,3)4)16(24-5)25-14(11)12-7-6-8-19-12/h5,7H,6,8-11H2,1-4H3;6-7,10H,8-9H2,1-5H3. The highest BCUT2D eigenvalue weighted by atomic mass is 32.2. The molecule has 278 valence electrons. The SMILES string of the molecule is CSc1sc(C2=NCC=C2)c2c1C(=O)N(C(=O)OC(C)(C)C)C(C)C2.CSc1sc(C2=NCC=C2)c2c1C(=O)N(C(=O)OC(C)(C)C)C1(CCC1)C2. The lowest BCUT2D eigenvalue weighted by atomic mass is 9.68. The van der Waals surface area contributed by atoms with Gasteiger partial charge in [-0.1, -0.05) is 12.2 Å². The highest BCUT2D eigenvalue weighted by molar-refractivity contribution is 8.00. The molecule has 2 aromatic heterocycles. The van der Waals surface area contributed by atoms with Gasteiger partial charge in [0.15, 0.2) is 0 Å². The van der Waals surface area contributed by atoms with Crippen LogP contribution in [0.15, 0.2) is 42.7 Å². The molecule has 7 rings (SSSR count). The minimum atomic E-state index is -0.636. The number of thioether (sulfide) groups is 2. The lowest BCUT2D eigenvalue weighted by Crippen LogP contribution is -2.63. The van der Waals surface area contributed by atoms with E-state index in [2.05, 4.69) is 9.98 Å². The van der Waals surface area contributed by atoms with Gasteiger partial charge in [0.25, 0.3) is 11.8 Å². The Hall–Kier alpha value is -3.20. The number of aliphatic imine (C=N–C) groups is 2. The molecule has 4 amide bonds. The second kappa shape index (κ2) is 14.6. The normalized spacial score (nSPS) is 20.2. The number of thiophene rings is 2. The van der Waals surface area contributed by atoms with Crippen molar-refractivity contribution in [2.24, 2.45) is 9.98 Å². The van der Waals surface area contributed by atoms with E-state index in [4.69, 9.17) is 9.47 Å². The Morgan fingerprint density at radius 2 is 1.31 bits per heavy atom. The maximum absolute atomic E-state index is 13.5. The van der Waals surface area contributed by atoms with Crippen LogP contribution in [0.1, 0.15) is 109 Å². The smallest absolute Gasteiger partial charge is 0.417 e. The number of ether oxygens (including phenoxy) is 2. The van der Waals surface area contributed by atoms with Crippen LogP contribution in [0.3, 0.4) is 0 Å². The number of allylic oxidation sites excluding steroid dienone is 2. The maximum atomic E-state index is 13.5. The molecular formula is C38H46N4O6S4. The molecule has 4 aliphatic heterocycles. The van der Waals surface area contributed by atoms with Crippen LogP contribution >= 0.6 is 46.2 Å². The van der Waals surface area contributed by atoms with E-state index in [1.165, 1.54) is 21.6 Å². The minimum absolute atomic E-state index is 0.209. The zero-order valence-electron chi connectivity index (χ0n) is 31.2. The predicted molar refractivity (Wildman–Crippen MR) is 212 cm³/mol. The van der Waals surface area contributed by atoms with Crippen molar-refractivity contribution in [1.29, 1.82) is 0 Å². The molecule has 14 heteroatoms. The van der Waals surface area contributed by atoms with Crippen LogP contribution in [0.4, 0.5) is 9.59 Å². The van der Waals surface area contributed by atoms with Gasteiger partial charge in [-0.2, -0.15) is 0 Å². The largest absolute Gasteiger partial charge is 0.443 e. The van der Waals surface area contributed by atoms with E-state index in [0.717, 1.165) is 60.0 Å². The number of amides is 4. The molecule has 52 heavy (non-hydrogen) atoms. The summed E-state index contributed by atoms with van der Waals surface area (Å²) in [6.07, 6.45) is 15.0. The molecular weight excluding hydrogens is 737 g/mol. The van der Waals surface area contributed by atoms with Crippen molar-refractivity contribution in [2.45, 2.75) is 112 Å². The van der Waals surface area contributed by atoms with Crippen LogP contribution in [0.25, 0.3) is 0 Å². The summed E-state index contributed by atoms with van der Waals surface area (Å²) in [4.78, 5) is 66.0. The van der Waals surface area contributed by atoms with Crippen molar-refractivity contribution in [3.8, 4) is 0 Å². The average molecular weight is 783 g/mol. The number of hydrogen-bond donors (Lipinski definition) is 0. The summed E-state index contributed by atoms with van der Waals surface area (Å²) in [5.41, 5.74) is 3.58. The first-order valence-electron chi connectivity index (χ1n) is 17.4. The van der Waals surface area contributed by atoms with Gasteiger partial charge in [0.1, 0.15) is 11.2 Å². The van der Waals surface area contributed by atoms with E-state index in [1.54, 1.807) is 55.2 Å². The fourth-order valence-electron chi connectivity index (χ4n) is 7.00. The van der Waals surface area contributed by atoms with Crippen molar-refractivity contribution < 1.29 is 28.7 Å². The number of imide groups is 2. The topological polar surface area (TPSA) is 118 Å². The molecule has 0 radical (unpaired) electrons. The molecule has 6 heterocycles. The van der Waals surface area contributed by atoms with E-state index >= 15 is 0 Å². The van der Waals surface area contributed by atoms with E-state index in [9.17, 15) is 19.2 Å². The minimum Gasteiger partial charge on any atom is -0.443 e. The number of fused-ring (bicyclic) bond motifs is 2. The summed E-state index contributed by atoms with van der Waals surface area (Å²) >= 11 is 6.30. The lowest BCUT2D eigenvalue weighted by molar-refractivity contribution is -0.0213. The Labute approximate surface area is 322 Å². The molecule has 1 fully saturated rings. The van der Waals surface area contributed by atoms with Gasteiger partial charge in [-0.05, 0) is 116 Å². The van der Waals surface area contributed by atoms with Gasteiger partial charge in [0.05, 0.1) is 59.4 Å². The first kappa shape index (κ1) is 38.5. The number of carbonyl (C=O) groups is 4. The molecule has 0 N–H and O–H groups in total. The van der Waals surface area contributed by atoms with Crippen LogP contribution < -0.4 is 0 Å². The first-order chi connectivity index (χ1) is 24.5. The predicted octanol–water partition coefficient (Wildman–Crippen LogP) is 8.84. The van der Waals surface area contributed by atoms with Gasteiger partial charge in [-0.3, -0.25) is 19.6 Å². The zero-order valence-corrected chi connectivity index (χ0v) is 34.5. The second-order valence-electron chi connectivity index (χ2n) is 15.4. The third-order valence-corrected chi connectivity index (χ3v) is 14.0. The summed E-state index contributed by atoms with van der Waals surface area (Å²) in [7, 11) is 0. The van der Waals surface area contributed by atoms with Crippen LogP contribution in [-0.2, 0) is 22.3 Å². The van der Waals surface area contributed by atoms with Gasteiger partial charge >= 0.3 is 12.2 Å². The van der Waals surface area contributed by atoms with Crippen LogP contribution in [-0.4, -0.2) is 93.6 Å². The molecule has 1 spiro atoms. The van der Waals surface area contributed by atoms with E-state index in [1.807, 2.05) is 64.5 Å². The van der Waals surface area contributed by atoms with Crippen molar-refractivity contribution in [1.82, 2.24) is 9.80 Å². The highest BCUT2D eigenvalue weighted by Gasteiger charge is 2.55. The first-order valence-corrected chi connectivity index (χ1v) is 21.5. The number of hydrogen-bond acceptors (Lipinski definition) is 12. The third-order valence-electron chi connectivity index (χ3n) is 9.29. The van der Waals surface area contributed by atoms with Gasteiger partial charge in [-0.25, -0.2) is 19.4 Å². The average Bonchev–Trinajstić information content (AvgIpc) is 3.84. The lowest BCUT2D eigenvalue weighted by Gasteiger charge is -2.51. The van der Waals surface area contributed by atoms with Crippen LogP contribution in [0.2, 0.25) is 0 Å². The van der Waals surface area contributed by atoms with Gasteiger partial charge in [0.2, 0.25) is 0 Å². The van der Waals surface area contributed by atoms with Gasteiger partial charge in [-0.15, -0.1) is 46.2 Å². The number of rotatable bonds is 4. The fraction of sp³-hybridized carbons (Fsp3) is 0.526. The summed E-state index contributed by atoms with van der Waals surface area (Å²) in [5, 5.41) is 0. The van der Waals surface area contributed by atoms with E-state index in [0.29, 0.717) is 37.1 Å². The molecule has 0 aromatic carbocycles. The molecule has 1 atom stereocenters. The number of carbonyl (C=O) groups excluding carboxylic acids is 4. The summed E-state index contributed by atoms with van der Waals surface area (Å²) in [6.45, 7) is 14.2. The summed E-state index contributed by atoms with van der Waals surface area (Å²) in [5.74, 6) is -0.475. The summed E-state index contributed by atoms with van der Waals surface area (Å²) in [6, 6.07) is -0.246. The fourth-order valence-corrected chi connectivity index (χ4v) is 11.1. The molecule has 1 aliphatic carbocycles. The van der Waals surface area contributed by atoms with Gasteiger partial charge < -0.3 is 9.47 Å². The molecule has 1 unspecified atom stereocenters. The summed E-state index contributed by atoms with van der Waals surface area (Å²) < 4.78 is 12.9. The van der Waals surface area contributed by atoms with E-state index < -0.39 is 28.9 Å². The highest BCUT2D eigenvalue weighted by Crippen LogP contribution is 2.50. The van der Waals surface area contributed by atoms with E-state index in [-0.39, 0.29) is 17.9 Å². The van der Waals surface area contributed by atoms with Crippen molar-refractivity contribution >= 4 is 81.6 Å². The Kier molecular flexibility index (Phi) is 10.8. The molecule has 5 aliphatic rings. The van der Waals surface area contributed by atoms with Crippen LogP contribution in [0.5, 0.6) is 0 Å². The Morgan fingerprint density at radius 3 is 1.75 bits per heavy atom. The number of nitrogens with zero attached hydrogens (tertiary/aromatic N) is 4. The molecule has 0 bridgehead atoms. The Morgan fingerprint density at radius 1 is 0.808 bits per heavy atom. The quantitative estimate of drug-likeness (QED) is 0.283.